The lowest BCUT2D eigenvalue weighted by molar-refractivity contribution is 0.176. The Balaban J connectivity index is 0.000000622. The van der Waals surface area contributed by atoms with E-state index >= 15 is 0 Å². The average Bonchev–Trinajstić information content (AvgIpc) is 3.92. The monoisotopic (exact) mass is 770 g/mol. The Bertz CT molecular complexity index is 1410. The number of hydroxylamine groups is 2. The zero-order valence-electron chi connectivity index (χ0n) is 33.8. The Morgan fingerprint density at radius 2 is 0.981 bits per heavy atom. The third-order valence-electron chi connectivity index (χ3n) is 6.76. The molecule has 0 aliphatic carbocycles. The third-order valence-corrected chi connectivity index (χ3v) is 7.40. The number of amidine groups is 5. The second-order valence-electron chi connectivity index (χ2n) is 13.9. The minimum absolute atomic E-state index is 0. The first kappa shape index (κ1) is 49.1. The molecule has 0 fully saturated rings. The molecule has 0 radical (unpaired) electrons. The fraction of sp³-hybridized carbons (Fsp3) is 0.553. The van der Waals surface area contributed by atoms with E-state index in [1.807, 2.05) is 27.7 Å². The molecule has 1 aromatic heterocycles. The summed E-state index contributed by atoms with van der Waals surface area (Å²) in [5.74, 6) is 9.41. The van der Waals surface area contributed by atoms with Crippen LogP contribution in [0, 0.1) is 29.6 Å². The predicted octanol–water partition coefficient (Wildman–Crippen LogP) is 7.74. The fourth-order valence-electron chi connectivity index (χ4n) is 3.64. The van der Waals surface area contributed by atoms with Gasteiger partial charge >= 0.3 is 0 Å². The van der Waals surface area contributed by atoms with Crippen LogP contribution in [-0.2, 0) is 9.68 Å². The molecule has 1 aromatic rings. The van der Waals surface area contributed by atoms with Crippen molar-refractivity contribution in [3.05, 3.63) is 73.2 Å². The molecule has 6 N–H and O–H groups in total. The summed E-state index contributed by atoms with van der Waals surface area (Å²) in [7, 11) is 0. The van der Waals surface area contributed by atoms with Gasteiger partial charge in [0.1, 0.15) is 46.4 Å². The lowest BCUT2D eigenvalue weighted by Gasteiger charge is -2.03. The van der Waals surface area contributed by atoms with Gasteiger partial charge < -0.3 is 25.0 Å². The molecule has 15 nitrogen and oxygen atoms in total. The first-order chi connectivity index (χ1) is 24.8. The van der Waals surface area contributed by atoms with E-state index < -0.39 is 0 Å². The lowest BCUT2D eigenvalue weighted by atomic mass is 10.2. The number of nitrogens with zero attached hydrogens (tertiary/aromatic N) is 7. The van der Waals surface area contributed by atoms with Gasteiger partial charge in [0.2, 0.25) is 11.8 Å². The van der Waals surface area contributed by atoms with Gasteiger partial charge in [-0.1, -0.05) is 110 Å². The molecule has 0 amide bonds. The number of nitrogens with one attached hydrogen (secondary N) is 6. The first-order valence-electron chi connectivity index (χ1n) is 17.7. The zero-order chi connectivity index (χ0) is 40.2. The van der Waals surface area contributed by atoms with Crippen molar-refractivity contribution < 1.29 is 9.68 Å². The predicted molar refractivity (Wildman–Crippen MR) is 229 cm³/mol. The number of hydrogen-bond acceptors (Lipinski definition) is 15. The quantitative estimate of drug-likeness (QED) is 0.157. The number of aliphatic imine (C=N–C) groups is 5. The average molecular weight is 770 g/mol. The summed E-state index contributed by atoms with van der Waals surface area (Å²) >= 11 is 1.49. The van der Waals surface area contributed by atoms with E-state index in [1.165, 1.54) is 18.3 Å². The smallest absolute Gasteiger partial charge is 0.240 e. The highest BCUT2D eigenvalue weighted by atomic mass is 32.2. The van der Waals surface area contributed by atoms with E-state index in [0.29, 0.717) is 47.3 Å². The summed E-state index contributed by atoms with van der Waals surface area (Å²) < 4.78 is 3.07. The summed E-state index contributed by atoms with van der Waals surface area (Å²) in [6, 6.07) is 0. The molecule has 0 spiro atoms. The van der Waals surface area contributed by atoms with Crippen LogP contribution in [0.5, 0.6) is 0 Å². The van der Waals surface area contributed by atoms with Crippen LogP contribution < -0.4 is 26.3 Å². The van der Waals surface area contributed by atoms with Crippen LogP contribution in [0.15, 0.2) is 92.4 Å². The van der Waals surface area contributed by atoms with Crippen molar-refractivity contribution in [1.29, 1.82) is 0 Å². The minimum Gasteiger partial charge on any atom is -0.361 e. The highest BCUT2D eigenvalue weighted by molar-refractivity contribution is 8.02. The SMILES string of the molecule is C.C=C1CN=C(C(C)C)N1.C=C1CN=C(C(C)C)N1.C=C1N=C(C(C)C)NO1.C=C1N=C(C(C)C)NO1.C=C1N=C(C(C)C)NS1.CC(C)c1ncn[nH]1. The summed E-state index contributed by atoms with van der Waals surface area (Å²) in [6.07, 6.45) is 1.52. The summed E-state index contributed by atoms with van der Waals surface area (Å²) in [6.45, 7) is 44.7. The van der Waals surface area contributed by atoms with Crippen LogP contribution in [0.4, 0.5) is 0 Å². The fourth-order valence-corrected chi connectivity index (χ4v) is 4.29. The van der Waals surface area contributed by atoms with Crippen molar-refractivity contribution in [3.63, 3.8) is 0 Å². The Hall–Kier alpha value is -4.86. The van der Waals surface area contributed by atoms with Gasteiger partial charge in [0.15, 0.2) is 0 Å². The van der Waals surface area contributed by atoms with Gasteiger partial charge in [-0.05, 0) is 13.2 Å². The molecule has 6 rings (SSSR count). The van der Waals surface area contributed by atoms with Gasteiger partial charge in [-0.25, -0.2) is 20.9 Å². The second-order valence-corrected chi connectivity index (χ2v) is 14.8. The van der Waals surface area contributed by atoms with E-state index in [1.54, 1.807) is 0 Å². The molecular weight excluding hydrogens is 703 g/mol. The Labute approximate surface area is 328 Å². The Morgan fingerprint density at radius 3 is 1.13 bits per heavy atom. The maximum Gasteiger partial charge on any atom is 0.240 e. The molecule has 54 heavy (non-hydrogen) atoms. The van der Waals surface area contributed by atoms with Crippen molar-refractivity contribution in [2.45, 2.75) is 96.4 Å². The molecule has 5 aliphatic rings. The normalized spacial score (nSPS) is 16.3. The molecule has 302 valence electrons. The highest BCUT2D eigenvalue weighted by Gasteiger charge is 2.14. The number of aromatic nitrogens is 3. The van der Waals surface area contributed by atoms with Gasteiger partial charge in [-0.3, -0.25) is 15.1 Å². The van der Waals surface area contributed by atoms with Gasteiger partial charge in [0, 0.05) is 58.8 Å². The van der Waals surface area contributed by atoms with E-state index in [9.17, 15) is 0 Å². The van der Waals surface area contributed by atoms with Gasteiger partial charge in [0.05, 0.1) is 13.1 Å². The summed E-state index contributed by atoms with van der Waals surface area (Å²) in [5, 5.41) is 13.6. The van der Waals surface area contributed by atoms with Crippen molar-refractivity contribution in [3.8, 4) is 0 Å². The standard InChI is InChI=1S/2C7H12N2.2C6H10N2O.C6H10N2S.C5H9N3.CH4/c2*1-5(2)7-8-4-6(3)9-7;3*1-4(2)6-7-5(3)9-8-6;1-4(2)5-6-3-7-8-5;/h2*5H,3-4H2,1-2H3,(H,8,9);3*4H,3H2,1-2H3,(H,7,8);3-4H,1-2H3,(H,6,7,8);1H4. The molecule has 0 bridgehead atoms. The van der Waals surface area contributed by atoms with Crippen molar-refractivity contribution >= 4 is 41.1 Å². The van der Waals surface area contributed by atoms with Crippen LogP contribution in [0.25, 0.3) is 0 Å². The topological polar surface area (TPSA) is 182 Å². The van der Waals surface area contributed by atoms with Gasteiger partial charge in [-0.15, -0.1) is 0 Å². The van der Waals surface area contributed by atoms with Crippen molar-refractivity contribution in [2.75, 3.05) is 13.1 Å². The molecular formula is C38H67N13O2S. The Morgan fingerprint density at radius 1 is 0.574 bits per heavy atom. The number of rotatable bonds is 6. The van der Waals surface area contributed by atoms with E-state index in [4.69, 9.17) is 9.68 Å². The largest absolute Gasteiger partial charge is 0.361 e. The molecule has 0 saturated carbocycles. The van der Waals surface area contributed by atoms with E-state index in [-0.39, 0.29) is 7.43 Å². The highest BCUT2D eigenvalue weighted by Crippen LogP contribution is 2.19. The Kier molecular flexibility index (Phi) is 22.9. The molecule has 0 unspecified atom stereocenters. The molecule has 16 heteroatoms. The van der Waals surface area contributed by atoms with Crippen molar-refractivity contribution in [1.82, 2.24) is 41.5 Å². The number of aromatic amines is 1. The van der Waals surface area contributed by atoms with Gasteiger partial charge in [0.25, 0.3) is 0 Å². The van der Waals surface area contributed by atoms with Crippen LogP contribution in [0.1, 0.15) is 102 Å². The molecule has 0 atom stereocenters. The van der Waals surface area contributed by atoms with Gasteiger partial charge in [-0.2, -0.15) is 15.1 Å². The van der Waals surface area contributed by atoms with Crippen LogP contribution in [0.3, 0.4) is 0 Å². The number of H-pyrrole nitrogens is 1. The maximum atomic E-state index is 4.78. The van der Waals surface area contributed by atoms with Crippen LogP contribution >= 0.6 is 11.9 Å². The van der Waals surface area contributed by atoms with E-state index in [2.05, 4.69) is 155 Å². The third kappa shape index (κ3) is 19.8. The van der Waals surface area contributed by atoms with Crippen molar-refractivity contribution in [2.24, 2.45) is 54.6 Å². The summed E-state index contributed by atoms with van der Waals surface area (Å²) in [5.41, 5.74) is 7.34. The molecule has 6 heterocycles. The lowest BCUT2D eigenvalue weighted by Crippen LogP contribution is -2.21. The molecule has 0 saturated heterocycles. The summed E-state index contributed by atoms with van der Waals surface area (Å²) in [4.78, 5) is 34.1. The van der Waals surface area contributed by atoms with Crippen LogP contribution in [0.2, 0.25) is 0 Å². The molecule has 5 aliphatic heterocycles. The zero-order valence-corrected chi connectivity index (χ0v) is 34.7. The maximum absolute atomic E-state index is 4.78. The minimum atomic E-state index is 0. The second kappa shape index (κ2) is 25.2. The van der Waals surface area contributed by atoms with E-state index in [0.717, 1.165) is 64.5 Å². The first-order valence-corrected chi connectivity index (χ1v) is 18.6. The number of hydrogen-bond donors (Lipinski definition) is 6. The van der Waals surface area contributed by atoms with Crippen LogP contribution in [-0.4, -0.2) is 57.4 Å². The molecule has 0 aromatic carbocycles.